The van der Waals surface area contributed by atoms with Crippen molar-refractivity contribution < 1.29 is 23.9 Å². The number of amides is 4. The molecule has 0 aliphatic rings. The fourth-order valence-electron chi connectivity index (χ4n) is 2.79. The van der Waals surface area contributed by atoms with E-state index in [2.05, 4.69) is 27.6 Å². The van der Waals surface area contributed by atoms with Crippen LogP contribution in [0.1, 0.15) is 77.6 Å². The molecule has 0 aliphatic heterocycles. The molecule has 0 radical (unpaired) electrons. The molecule has 5 N–H and O–H groups in total. The zero-order valence-electron chi connectivity index (χ0n) is 17.9. The molecule has 0 aliphatic carbocycles. The standard InChI is InChI=1S/C20H38N4O5/c1-3-4-5-6-7-8-9-10-11-12-13-22-20(28)24-16(14-17(21)25)19(27)23-15-18(26)29-2/h16H,3-15H2,1-2H3,(H2,21,25)(H,23,27)(H2,22,24,28)/t16-/m1/s1. The SMILES string of the molecule is CCCCCCCCCCCCNC(=O)N[C@H](CC(N)=O)C(=O)NCC(=O)OC. The van der Waals surface area contributed by atoms with Crippen molar-refractivity contribution in [1.29, 1.82) is 0 Å². The van der Waals surface area contributed by atoms with Crippen LogP contribution in [-0.4, -0.2) is 50.1 Å². The van der Waals surface area contributed by atoms with E-state index >= 15 is 0 Å². The van der Waals surface area contributed by atoms with Crippen LogP contribution < -0.4 is 21.7 Å². The predicted octanol–water partition coefficient (Wildman–Crippen LogP) is 1.74. The van der Waals surface area contributed by atoms with Crippen LogP contribution in [0.2, 0.25) is 0 Å². The van der Waals surface area contributed by atoms with Crippen LogP contribution in [0.3, 0.4) is 0 Å². The van der Waals surface area contributed by atoms with Gasteiger partial charge in [-0.1, -0.05) is 64.7 Å². The Morgan fingerprint density at radius 3 is 1.93 bits per heavy atom. The molecule has 0 saturated heterocycles. The van der Waals surface area contributed by atoms with Gasteiger partial charge in [-0.15, -0.1) is 0 Å². The molecule has 0 spiro atoms. The first-order chi connectivity index (χ1) is 13.9. The number of urea groups is 1. The molecule has 0 bridgehead atoms. The van der Waals surface area contributed by atoms with E-state index in [1.54, 1.807) is 0 Å². The van der Waals surface area contributed by atoms with Crippen molar-refractivity contribution in [1.82, 2.24) is 16.0 Å². The summed E-state index contributed by atoms with van der Waals surface area (Å²) in [6.07, 6.45) is 11.6. The number of hydrogen-bond donors (Lipinski definition) is 4. The van der Waals surface area contributed by atoms with E-state index in [9.17, 15) is 19.2 Å². The van der Waals surface area contributed by atoms with Gasteiger partial charge in [0, 0.05) is 6.54 Å². The van der Waals surface area contributed by atoms with E-state index in [4.69, 9.17) is 5.73 Å². The van der Waals surface area contributed by atoms with Gasteiger partial charge in [0.25, 0.3) is 0 Å². The third-order valence-corrected chi connectivity index (χ3v) is 4.48. The molecule has 0 aromatic rings. The summed E-state index contributed by atoms with van der Waals surface area (Å²) in [4.78, 5) is 46.2. The van der Waals surface area contributed by atoms with Gasteiger partial charge < -0.3 is 26.4 Å². The molecule has 0 aromatic heterocycles. The lowest BCUT2D eigenvalue weighted by Crippen LogP contribution is -2.52. The Balaban J connectivity index is 3.94. The highest BCUT2D eigenvalue weighted by atomic mass is 16.5. The van der Waals surface area contributed by atoms with Crippen LogP contribution >= 0.6 is 0 Å². The minimum atomic E-state index is -1.15. The van der Waals surface area contributed by atoms with E-state index in [-0.39, 0.29) is 13.0 Å². The highest BCUT2D eigenvalue weighted by Crippen LogP contribution is 2.10. The van der Waals surface area contributed by atoms with Crippen molar-refractivity contribution in [3.8, 4) is 0 Å². The quantitative estimate of drug-likeness (QED) is 0.212. The maximum absolute atomic E-state index is 12.0. The van der Waals surface area contributed by atoms with E-state index in [1.165, 1.54) is 52.1 Å². The van der Waals surface area contributed by atoms with Crippen LogP contribution in [0.15, 0.2) is 0 Å². The Labute approximate surface area is 173 Å². The summed E-state index contributed by atoms with van der Waals surface area (Å²) in [7, 11) is 1.19. The smallest absolute Gasteiger partial charge is 0.325 e. The second-order valence-corrected chi connectivity index (χ2v) is 7.10. The number of rotatable bonds is 17. The Morgan fingerprint density at radius 2 is 1.41 bits per heavy atom. The molecule has 9 nitrogen and oxygen atoms in total. The fraction of sp³-hybridized carbons (Fsp3) is 0.800. The van der Waals surface area contributed by atoms with Gasteiger partial charge in [-0.3, -0.25) is 14.4 Å². The molecule has 0 aromatic carbocycles. The number of nitrogens with two attached hydrogens (primary N) is 1. The van der Waals surface area contributed by atoms with Gasteiger partial charge in [0.05, 0.1) is 13.5 Å². The molecule has 1 atom stereocenters. The van der Waals surface area contributed by atoms with Gasteiger partial charge in [0.15, 0.2) is 0 Å². The number of primary amides is 1. The predicted molar refractivity (Wildman–Crippen MR) is 111 cm³/mol. The zero-order valence-corrected chi connectivity index (χ0v) is 17.9. The fourth-order valence-corrected chi connectivity index (χ4v) is 2.79. The van der Waals surface area contributed by atoms with Crippen molar-refractivity contribution in [3.63, 3.8) is 0 Å². The summed E-state index contributed by atoms with van der Waals surface area (Å²) in [5, 5.41) is 7.37. The Bertz CT molecular complexity index is 499. The van der Waals surface area contributed by atoms with Crippen LogP contribution in [-0.2, 0) is 19.1 Å². The van der Waals surface area contributed by atoms with Gasteiger partial charge in [0.1, 0.15) is 12.6 Å². The lowest BCUT2D eigenvalue weighted by molar-refractivity contribution is -0.141. The number of ether oxygens (including phenoxy) is 1. The van der Waals surface area contributed by atoms with Crippen LogP contribution in [0.5, 0.6) is 0 Å². The Hall–Kier alpha value is -2.32. The Morgan fingerprint density at radius 1 is 0.862 bits per heavy atom. The van der Waals surface area contributed by atoms with E-state index in [0.717, 1.165) is 19.3 Å². The van der Waals surface area contributed by atoms with Crippen LogP contribution in [0, 0.1) is 0 Å². The zero-order chi connectivity index (χ0) is 21.9. The molecular formula is C20H38N4O5. The summed E-state index contributed by atoms with van der Waals surface area (Å²) in [6, 6.07) is -1.70. The molecule has 168 valence electrons. The lowest BCUT2D eigenvalue weighted by atomic mass is 10.1. The minimum absolute atomic E-state index is 0.355. The van der Waals surface area contributed by atoms with E-state index in [1.807, 2.05) is 0 Å². The first-order valence-corrected chi connectivity index (χ1v) is 10.6. The molecule has 29 heavy (non-hydrogen) atoms. The topological polar surface area (TPSA) is 140 Å². The highest BCUT2D eigenvalue weighted by molar-refractivity contribution is 5.92. The molecule has 4 amide bonds. The lowest BCUT2D eigenvalue weighted by Gasteiger charge is -2.17. The second-order valence-electron chi connectivity index (χ2n) is 7.10. The van der Waals surface area contributed by atoms with Gasteiger partial charge in [-0.2, -0.15) is 0 Å². The molecule has 0 heterocycles. The van der Waals surface area contributed by atoms with Crippen molar-refractivity contribution in [2.24, 2.45) is 5.73 Å². The third-order valence-electron chi connectivity index (χ3n) is 4.48. The summed E-state index contributed by atoms with van der Waals surface area (Å²) < 4.78 is 4.42. The Kier molecular flexibility index (Phi) is 16.3. The van der Waals surface area contributed by atoms with Crippen LogP contribution in [0.4, 0.5) is 4.79 Å². The first kappa shape index (κ1) is 26.7. The van der Waals surface area contributed by atoms with Crippen molar-refractivity contribution in [3.05, 3.63) is 0 Å². The molecular weight excluding hydrogens is 376 g/mol. The number of carbonyl (C=O) groups excluding carboxylic acids is 4. The maximum atomic E-state index is 12.0. The highest BCUT2D eigenvalue weighted by Gasteiger charge is 2.23. The van der Waals surface area contributed by atoms with Gasteiger partial charge in [0.2, 0.25) is 11.8 Å². The normalized spacial score (nSPS) is 11.4. The summed E-state index contributed by atoms with van der Waals surface area (Å²) in [5.41, 5.74) is 5.12. The molecule has 9 heteroatoms. The van der Waals surface area contributed by atoms with Crippen LogP contribution in [0.25, 0.3) is 0 Å². The van der Waals surface area contributed by atoms with E-state index in [0.29, 0.717) is 6.54 Å². The van der Waals surface area contributed by atoms with Crippen molar-refractivity contribution >= 4 is 23.8 Å². The second kappa shape index (κ2) is 17.8. The molecule has 0 unspecified atom stereocenters. The summed E-state index contributed by atoms with van der Waals surface area (Å²) in [6.45, 7) is 2.34. The summed E-state index contributed by atoms with van der Waals surface area (Å²) >= 11 is 0. The average molecular weight is 415 g/mol. The minimum Gasteiger partial charge on any atom is -0.468 e. The number of esters is 1. The average Bonchev–Trinajstić information content (AvgIpc) is 2.69. The third kappa shape index (κ3) is 16.3. The van der Waals surface area contributed by atoms with Gasteiger partial charge in [-0.05, 0) is 6.42 Å². The maximum Gasteiger partial charge on any atom is 0.325 e. The first-order valence-electron chi connectivity index (χ1n) is 10.6. The molecule has 0 fully saturated rings. The van der Waals surface area contributed by atoms with E-state index < -0.39 is 29.9 Å². The molecule has 0 saturated carbocycles. The number of hydrogen-bond acceptors (Lipinski definition) is 5. The number of unbranched alkanes of at least 4 members (excludes halogenated alkanes) is 9. The van der Waals surface area contributed by atoms with Crippen molar-refractivity contribution in [2.45, 2.75) is 83.6 Å². The monoisotopic (exact) mass is 414 g/mol. The summed E-state index contributed by atoms with van der Waals surface area (Å²) in [5.74, 6) is -2.05. The number of carbonyl (C=O) groups is 4. The van der Waals surface area contributed by atoms with Gasteiger partial charge in [-0.25, -0.2) is 4.79 Å². The number of methoxy groups -OCH3 is 1. The molecule has 0 rings (SSSR count). The largest absolute Gasteiger partial charge is 0.468 e. The number of nitrogens with one attached hydrogen (secondary N) is 3. The van der Waals surface area contributed by atoms with Crippen molar-refractivity contribution in [2.75, 3.05) is 20.2 Å². The van der Waals surface area contributed by atoms with Gasteiger partial charge >= 0.3 is 12.0 Å².